The van der Waals surface area contributed by atoms with Crippen LogP contribution in [0.2, 0.25) is 0 Å². The average molecular weight is 279 g/mol. The number of carboxylic acids is 1. The molecule has 6 heteroatoms. The van der Waals surface area contributed by atoms with Gasteiger partial charge in [0.05, 0.1) is 12.5 Å². The topological polar surface area (TPSA) is 84.9 Å². The average Bonchev–Trinajstić information content (AvgIpc) is 2.97. The van der Waals surface area contributed by atoms with Gasteiger partial charge in [0.2, 0.25) is 5.91 Å². The minimum atomic E-state index is -1.02. The molecule has 1 aliphatic rings. The van der Waals surface area contributed by atoms with E-state index in [2.05, 4.69) is 5.32 Å². The van der Waals surface area contributed by atoms with Crippen molar-refractivity contribution in [2.45, 2.75) is 13.0 Å². The molecule has 0 aliphatic carbocycles. The maximum Gasteiger partial charge on any atom is 0.341 e. The quantitative estimate of drug-likeness (QED) is 0.804. The lowest BCUT2D eigenvalue weighted by molar-refractivity contribution is -0.139. The molecule has 20 heavy (non-hydrogen) atoms. The number of amides is 1. The summed E-state index contributed by atoms with van der Waals surface area (Å²) >= 11 is 0. The van der Waals surface area contributed by atoms with E-state index in [0.717, 1.165) is 12.0 Å². The summed E-state index contributed by atoms with van der Waals surface area (Å²) in [4.78, 5) is 22.2. The van der Waals surface area contributed by atoms with Crippen molar-refractivity contribution in [1.29, 1.82) is 0 Å². The Morgan fingerprint density at radius 3 is 3.00 bits per heavy atom. The minimum absolute atomic E-state index is 0.0145. The summed E-state index contributed by atoms with van der Waals surface area (Å²) in [5.41, 5.74) is 0.861. The van der Waals surface area contributed by atoms with Crippen LogP contribution in [0.1, 0.15) is 12.0 Å². The second kappa shape index (κ2) is 6.91. The number of aliphatic carboxylic acids is 1. The third kappa shape index (κ3) is 4.24. The summed E-state index contributed by atoms with van der Waals surface area (Å²) in [5.74, 6) is -0.630. The molecule has 2 N–H and O–H groups in total. The highest BCUT2D eigenvalue weighted by molar-refractivity contribution is 5.79. The zero-order chi connectivity index (χ0) is 14.4. The normalized spacial score (nSPS) is 17.7. The second-order valence-electron chi connectivity index (χ2n) is 4.61. The van der Waals surface area contributed by atoms with Crippen molar-refractivity contribution >= 4 is 11.9 Å². The Hall–Kier alpha value is -2.08. The highest BCUT2D eigenvalue weighted by Crippen LogP contribution is 2.15. The van der Waals surface area contributed by atoms with E-state index < -0.39 is 5.97 Å². The number of hydrogen-bond acceptors (Lipinski definition) is 4. The van der Waals surface area contributed by atoms with Gasteiger partial charge in [-0.05, 0) is 24.1 Å². The first-order chi connectivity index (χ1) is 9.65. The van der Waals surface area contributed by atoms with Crippen LogP contribution in [-0.2, 0) is 20.9 Å². The Morgan fingerprint density at radius 2 is 2.30 bits per heavy atom. The molecule has 1 aliphatic heterocycles. The molecule has 1 unspecified atom stereocenters. The highest BCUT2D eigenvalue weighted by atomic mass is 16.5. The second-order valence-corrected chi connectivity index (χ2v) is 4.61. The molecular formula is C14H17NO5. The number of ether oxygens (including phenoxy) is 2. The smallest absolute Gasteiger partial charge is 0.341 e. The van der Waals surface area contributed by atoms with E-state index in [1.54, 1.807) is 18.2 Å². The van der Waals surface area contributed by atoms with Gasteiger partial charge in [0.25, 0.3) is 0 Å². The summed E-state index contributed by atoms with van der Waals surface area (Å²) in [5, 5.41) is 11.4. The number of carbonyl (C=O) groups is 2. The molecule has 0 aromatic heterocycles. The number of carbonyl (C=O) groups excluding carboxylic acids is 1. The lowest BCUT2D eigenvalue weighted by Crippen LogP contribution is -2.30. The van der Waals surface area contributed by atoms with Crippen LogP contribution >= 0.6 is 0 Å². The predicted molar refractivity (Wildman–Crippen MR) is 70.3 cm³/mol. The molecule has 6 nitrogen and oxygen atoms in total. The van der Waals surface area contributed by atoms with Gasteiger partial charge in [0.15, 0.2) is 6.61 Å². The molecule has 0 radical (unpaired) electrons. The maximum atomic E-state index is 11.8. The lowest BCUT2D eigenvalue weighted by atomic mass is 10.1. The van der Waals surface area contributed by atoms with Gasteiger partial charge in [0.1, 0.15) is 5.75 Å². The Labute approximate surface area is 116 Å². The fourth-order valence-corrected chi connectivity index (χ4v) is 1.97. The van der Waals surface area contributed by atoms with E-state index in [1.807, 2.05) is 6.07 Å². The lowest BCUT2D eigenvalue weighted by Gasteiger charge is -2.10. The first-order valence-electron chi connectivity index (χ1n) is 6.44. The van der Waals surface area contributed by atoms with Gasteiger partial charge in [-0.2, -0.15) is 0 Å². The predicted octanol–water partition coefficient (Wildman–Crippen LogP) is 0.803. The fourth-order valence-electron chi connectivity index (χ4n) is 1.97. The van der Waals surface area contributed by atoms with Crippen LogP contribution in [0.5, 0.6) is 5.75 Å². The van der Waals surface area contributed by atoms with Crippen molar-refractivity contribution in [2.75, 3.05) is 19.8 Å². The summed E-state index contributed by atoms with van der Waals surface area (Å²) in [6, 6.07) is 7.00. The number of benzene rings is 1. The molecule has 0 bridgehead atoms. The first kappa shape index (κ1) is 14.3. The monoisotopic (exact) mass is 279 g/mol. The van der Waals surface area contributed by atoms with Gasteiger partial charge < -0.3 is 19.9 Å². The molecular weight excluding hydrogens is 262 g/mol. The minimum Gasteiger partial charge on any atom is -0.482 e. The van der Waals surface area contributed by atoms with Crippen LogP contribution in [0.3, 0.4) is 0 Å². The van der Waals surface area contributed by atoms with Gasteiger partial charge in [0, 0.05) is 13.2 Å². The van der Waals surface area contributed by atoms with Crippen LogP contribution in [0.15, 0.2) is 24.3 Å². The van der Waals surface area contributed by atoms with E-state index in [-0.39, 0.29) is 18.4 Å². The fraction of sp³-hybridized carbons (Fsp3) is 0.429. The van der Waals surface area contributed by atoms with E-state index in [0.29, 0.717) is 25.5 Å². The standard InChI is InChI=1S/C14H17NO5/c16-13(17)9-20-12-3-1-2-10(6-12)7-15-14(18)11-4-5-19-8-11/h1-3,6,11H,4-5,7-9H2,(H,15,18)(H,16,17). The first-order valence-corrected chi connectivity index (χ1v) is 6.44. The number of nitrogens with one attached hydrogen (secondary N) is 1. The molecule has 2 rings (SSSR count). The van der Waals surface area contributed by atoms with Crippen molar-refractivity contribution in [1.82, 2.24) is 5.32 Å². The zero-order valence-electron chi connectivity index (χ0n) is 11.0. The van der Waals surface area contributed by atoms with Gasteiger partial charge in [-0.15, -0.1) is 0 Å². The van der Waals surface area contributed by atoms with Crippen LogP contribution in [0, 0.1) is 5.92 Å². The van der Waals surface area contributed by atoms with E-state index in [9.17, 15) is 9.59 Å². The van der Waals surface area contributed by atoms with Crippen molar-refractivity contribution in [3.8, 4) is 5.75 Å². The summed E-state index contributed by atoms with van der Waals surface area (Å²) in [7, 11) is 0. The molecule has 1 atom stereocenters. The van der Waals surface area contributed by atoms with Gasteiger partial charge >= 0.3 is 5.97 Å². The Morgan fingerprint density at radius 1 is 1.45 bits per heavy atom. The van der Waals surface area contributed by atoms with Crippen LogP contribution < -0.4 is 10.1 Å². The molecule has 1 saturated heterocycles. The Balaban J connectivity index is 1.84. The largest absolute Gasteiger partial charge is 0.482 e. The van der Waals surface area contributed by atoms with Gasteiger partial charge in [-0.1, -0.05) is 12.1 Å². The van der Waals surface area contributed by atoms with Crippen molar-refractivity contribution in [2.24, 2.45) is 5.92 Å². The molecule has 1 aromatic carbocycles. The molecule has 1 heterocycles. The summed E-state index contributed by atoms with van der Waals surface area (Å²) in [6.45, 7) is 1.12. The van der Waals surface area contributed by atoms with E-state index in [4.69, 9.17) is 14.6 Å². The van der Waals surface area contributed by atoms with Crippen molar-refractivity contribution in [3.63, 3.8) is 0 Å². The number of carboxylic acid groups (broad SMARTS) is 1. The van der Waals surface area contributed by atoms with Gasteiger partial charge in [-0.25, -0.2) is 4.79 Å². The summed E-state index contributed by atoms with van der Waals surface area (Å²) < 4.78 is 10.2. The molecule has 0 spiro atoms. The van der Waals surface area contributed by atoms with Crippen molar-refractivity contribution < 1.29 is 24.2 Å². The SMILES string of the molecule is O=C(O)COc1cccc(CNC(=O)C2CCOC2)c1. The zero-order valence-corrected chi connectivity index (χ0v) is 11.0. The van der Waals surface area contributed by atoms with Crippen LogP contribution in [0.25, 0.3) is 0 Å². The van der Waals surface area contributed by atoms with Crippen molar-refractivity contribution in [3.05, 3.63) is 29.8 Å². The molecule has 0 saturated carbocycles. The molecule has 1 aromatic rings. The van der Waals surface area contributed by atoms with E-state index >= 15 is 0 Å². The highest BCUT2D eigenvalue weighted by Gasteiger charge is 2.22. The number of rotatable bonds is 6. The van der Waals surface area contributed by atoms with Crippen LogP contribution in [-0.4, -0.2) is 36.8 Å². The van der Waals surface area contributed by atoms with E-state index in [1.165, 1.54) is 0 Å². The third-order valence-electron chi connectivity index (χ3n) is 3.03. The molecule has 1 fully saturated rings. The Kier molecular flexibility index (Phi) is 4.95. The van der Waals surface area contributed by atoms with Crippen LogP contribution in [0.4, 0.5) is 0 Å². The summed E-state index contributed by atoms with van der Waals surface area (Å²) in [6.07, 6.45) is 0.758. The molecule has 108 valence electrons. The third-order valence-corrected chi connectivity index (χ3v) is 3.03. The Bertz CT molecular complexity index is 482. The molecule has 1 amide bonds. The van der Waals surface area contributed by atoms with Gasteiger partial charge in [-0.3, -0.25) is 4.79 Å². The number of hydrogen-bond donors (Lipinski definition) is 2. The maximum absolute atomic E-state index is 11.8.